The summed E-state index contributed by atoms with van der Waals surface area (Å²) in [6.07, 6.45) is 6.71. The number of nitrogens with zero attached hydrogens (tertiary/aromatic N) is 2. The van der Waals surface area contributed by atoms with E-state index in [1.165, 1.54) is 19.4 Å². The van der Waals surface area contributed by atoms with Gasteiger partial charge in [-0.3, -0.25) is 9.69 Å². The van der Waals surface area contributed by atoms with Gasteiger partial charge in [-0.1, -0.05) is 19.8 Å². The van der Waals surface area contributed by atoms with Crippen LogP contribution in [0.2, 0.25) is 0 Å². The standard InChI is InChI=1S/C16H31N3O.2ClH/c1-4-19-11-7-8-13(19)12-18(3)15(20)14-9-5-6-10-16(14,2)17;;/h13-14H,4-12,17H2,1-3H3;2*1H. The zero-order valence-corrected chi connectivity index (χ0v) is 15.8. The third kappa shape index (κ3) is 4.98. The molecule has 1 heterocycles. The molecule has 0 spiro atoms. The molecule has 1 aliphatic carbocycles. The van der Waals surface area contributed by atoms with Gasteiger partial charge in [0.1, 0.15) is 0 Å². The van der Waals surface area contributed by atoms with E-state index in [1.54, 1.807) is 0 Å². The highest BCUT2D eigenvalue weighted by atomic mass is 35.5. The summed E-state index contributed by atoms with van der Waals surface area (Å²) in [5.41, 5.74) is 6.05. The van der Waals surface area contributed by atoms with Crippen LogP contribution in [0.15, 0.2) is 0 Å². The van der Waals surface area contributed by atoms with Crippen molar-refractivity contribution in [3.63, 3.8) is 0 Å². The predicted molar refractivity (Wildman–Crippen MR) is 97.0 cm³/mol. The second-order valence-electron chi connectivity index (χ2n) is 6.95. The van der Waals surface area contributed by atoms with E-state index in [0.717, 1.165) is 38.8 Å². The van der Waals surface area contributed by atoms with E-state index in [1.807, 2.05) is 11.9 Å². The lowest BCUT2D eigenvalue weighted by atomic mass is 9.74. The summed E-state index contributed by atoms with van der Waals surface area (Å²) in [6.45, 7) is 7.39. The Bertz CT molecular complexity index is 352. The second-order valence-corrected chi connectivity index (χ2v) is 6.95. The number of halogens is 2. The molecule has 3 unspecified atom stereocenters. The molecule has 2 aliphatic rings. The fourth-order valence-corrected chi connectivity index (χ4v) is 3.95. The number of likely N-dealkylation sites (tertiary alicyclic amines) is 1. The smallest absolute Gasteiger partial charge is 0.227 e. The molecule has 0 bridgehead atoms. The van der Waals surface area contributed by atoms with E-state index in [9.17, 15) is 4.79 Å². The summed E-state index contributed by atoms with van der Waals surface area (Å²) in [5.74, 6) is 0.274. The molecule has 6 heteroatoms. The van der Waals surface area contributed by atoms with Crippen LogP contribution in [0.25, 0.3) is 0 Å². The van der Waals surface area contributed by atoms with Crippen molar-refractivity contribution < 1.29 is 4.79 Å². The van der Waals surface area contributed by atoms with Gasteiger partial charge in [0, 0.05) is 25.2 Å². The van der Waals surface area contributed by atoms with Gasteiger partial charge in [-0.05, 0) is 45.7 Å². The first-order valence-electron chi connectivity index (χ1n) is 8.23. The Morgan fingerprint density at radius 1 is 1.27 bits per heavy atom. The van der Waals surface area contributed by atoms with Gasteiger partial charge in [-0.25, -0.2) is 0 Å². The number of carbonyl (C=O) groups excluding carboxylic acids is 1. The van der Waals surface area contributed by atoms with Gasteiger partial charge in [-0.15, -0.1) is 24.8 Å². The fraction of sp³-hybridized carbons (Fsp3) is 0.938. The number of carbonyl (C=O) groups is 1. The van der Waals surface area contributed by atoms with Crippen molar-refractivity contribution in [2.24, 2.45) is 11.7 Å². The lowest BCUT2D eigenvalue weighted by Crippen LogP contribution is -2.54. The van der Waals surface area contributed by atoms with Crippen LogP contribution in [0.1, 0.15) is 52.4 Å². The molecule has 0 aromatic heterocycles. The predicted octanol–water partition coefficient (Wildman–Crippen LogP) is 2.68. The van der Waals surface area contributed by atoms with Gasteiger partial charge in [0.05, 0.1) is 5.92 Å². The maximum absolute atomic E-state index is 12.7. The molecule has 1 saturated carbocycles. The highest BCUT2D eigenvalue weighted by molar-refractivity contribution is 5.85. The van der Waals surface area contributed by atoms with Crippen LogP contribution in [-0.2, 0) is 4.79 Å². The van der Waals surface area contributed by atoms with E-state index in [4.69, 9.17) is 5.73 Å². The Balaban J connectivity index is 0.00000220. The summed E-state index contributed by atoms with van der Waals surface area (Å²) >= 11 is 0. The van der Waals surface area contributed by atoms with E-state index >= 15 is 0 Å². The van der Waals surface area contributed by atoms with Crippen LogP contribution < -0.4 is 5.73 Å². The minimum Gasteiger partial charge on any atom is -0.344 e. The molecule has 1 aliphatic heterocycles. The molecule has 3 atom stereocenters. The Morgan fingerprint density at radius 2 is 1.95 bits per heavy atom. The number of hydrogen-bond acceptors (Lipinski definition) is 3. The molecule has 0 aromatic rings. The second kappa shape index (κ2) is 9.31. The Kier molecular flexibility index (Phi) is 9.30. The van der Waals surface area contributed by atoms with Crippen molar-refractivity contribution in [2.75, 3.05) is 26.7 Å². The SMILES string of the molecule is CCN1CCCC1CN(C)C(=O)C1CCCCC1(C)N.Cl.Cl. The Hall–Kier alpha value is -0.0300. The van der Waals surface area contributed by atoms with Crippen molar-refractivity contribution in [2.45, 2.75) is 64.0 Å². The molecule has 0 radical (unpaired) electrons. The van der Waals surface area contributed by atoms with E-state index in [-0.39, 0.29) is 42.2 Å². The monoisotopic (exact) mass is 353 g/mol. The molecule has 1 saturated heterocycles. The lowest BCUT2D eigenvalue weighted by Gasteiger charge is -2.40. The number of rotatable bonds is 4. The minimum atomic E-state index is -0.316. The third-order valence-electron chi connectivity index (χ3n) is 5.32. The van der Waals surface area contributed by atoms with Crippen molar-refractivity contribution in [3.8, 4) is 0 Å². The number of amides is 1. The van der Waals surface area contributed by atoms with E-state index < -0.39 is 0 Å². The molecule has 0 aromatic carbocycles. The minimum absolute atomic E-state index is 0. The average Bonchev–Trinajstić information content (AvgIpc) is 2.84. The van der Waals surface area contributed by atoms with Crippen LogP contribution in [0, 0.1) is 5.92 Å². The van der Waals surface area contributed by atoms with Crippen LogP contribution in [0.3, 0.4) is 0 Å². The van der Waals surface area contributed by atoms with Crippen molar-refractivity contribution in [1.82, 2.24) is 9.80 Å². The maximum atomic E-state index is 12.7. The molecule has 2 N–H and O–H groups in total. The van der Waals surface area contributed by atoms with Crippen LogP contribution in [-0.4, -0.2) is 54.0 Å². The molecule has 22 heavy (non-hydrogen) atoms. The highest BCUT2D eigenvalue weighted by Gasteiger charge is 2.39. The summed E-state index contributed by atoms with van der Waals surface area (Å²) < 4.78 is 0. The molecule has 132 valence electrons. The number of hydrogen-bond donors (Lipinski definition) is 1. The van der Waals surface area contributed by atoms with Crippen LogP contribution >= 0.6 is 24.8 Å². The Morgan fingerprint density at radius 3 is 2.55 bits per heavy atom. The molecular formula is C16H33Cl2N3O. The number of likely N-dealkylation sites (N-methyl/N-ethyl adjacent to an activating group) is 2. The van der Waals surface area contributed by atoms with Crippen LogP contribution in [0.5, 0.6) is 0 Å². The van der Waals surface area contributed by atoms with Crippen molar-refractivity contribution in [1.29, 1.82) is 0 Å². The van der Waals surface area contributed by atoms with E-state index in [2.05, 4.69) is 18.7 Å². The fourth-order valence-electron chi connectivity index (χ4n) is 3.95. The molecule has 2 fully saturated rings. The van der Waals surface area contributed by atoms with Gasteiger partial charge < -0.3 is 10.6 Å². The normalized spacial score (nSPS) is 32.0. The first-order valence-corrected chi connectivity index (χ1v) is 8.23. The van der Waals surface area contributed by atoms with Crippen molar-refractivity contribution in [3.05, 3.63) is 0 Å². The molecule has 4 nitrogen and oxygen atoms in total. The maximum Gasteiger partial charge on any atom is 0.227 e. The van der Waals surface area contributed by atoms with Crippen molar-refractivity contribution >= 4 is 30.7 Å². The number of nitrogens with two attached hydrogens (primary N) is 1. The summed E-state index contributed by atoms with van der Waals surface area (Å²) in [5, 5.41) is 0. The van der Waals surface area contributed by atoms with Gasteiger partial charge in [0.15, 0.2) is 0 Å². The average molecular weight is 354 g/mol. The van der Waals surface area contributed by atoms with E-state index in [0.29, 0.717) is 6.04 Å². The topological polar surface area (TPSA) is 49.6 Å². The zero-order valence-electron chi connectivity index (χ0n) is 14.2. The Labute approximate surface area is 148 Å². The third-order valence-corrected chi connectivity index (χ3v) is 5.32. The lowest BCUT2D eigenvalue weighted by molar-refractivity contribution is -0.138. The van der Waals surface area contributed by atoms with Gasteiger partial charge in [-0.2, -0.15) is 0 Å². The van der Waals surface area contributed by atoms with Gasteiger partial charge in [0.2, 0.25) is 5.91 Å². The summed E-state index contributed by atoms with van der Waals surface area (Å²) in [7, 11) is 1.96. The van der Waals surface area contributed by atoms with Gasteiger partial charge >= 0.3 is 0 Å². The van der Waals surface area contributed by atoms with Crippen LogP contribution in [0.4, 0.5) is 0 Å². The summed E-state index contributed by atoms with van der Waals surface area (Å²) in [4.78, 5) is 17.2. The largest absolute Gasteiger partial charge is 0.344 e. The zero-order chi connectivity index (χ0) is 14.8. The highest BCUT2D eigenvalue weighted by Crippen LogP contribution is 2.33. The first-order chi connectivity index (χ1) is 9.45. The van der Waals surface area contributed by atoms with Gasteiger partial charge in [0.25, 0.3) is 0 Å². The molecular weight excluding hydrogens is 321 g/mol. The first kappa shape index (κ1) is 22.0. The molecule has 1 amide bonds. The quantitative estimate of drug-likeness (QED) is 0.845. The summed E-state index contributed by atoms with van der Waals surface area (Å²) in [6, 6.07) is 0.543. The molecule has 2 rings (SSSR count).